The van der Waals surface area contributed by atoms with Gasteiger partial charge in [-0.2, -0.15) is 0 Å². The lowest BCUT2D eigenvalue weighted by molar-refractivity contribution is 0.0779. The van der Waals surface area contributed by atoms with Gasteiger partial charge in [-0.15, -0.1) is 0 Å². The summed E-state index contributed by atoms with van der Waals surface area (Å²) >= 11 is 0. The number of hydrogen-bond acceptors (Lipinski definition) is 3. The maximum Gasteiger partial charge on any atom is 0.272 e. The molecule has 4 nitrogen and oxygen atoms in total. The van der Waals surface area contributed by atoms with E-state index in [1.165, 1.54) is 0 Å². The van der Waals surface area contributed by atoms with Crippen LogP contribution in [0, 0.1) is 0 Å². The van der Waals surface area contributed by atoms with Gasteiger partial charge in [0.1, 0.15) is 5.69 Å². The number of nitrogens with zero attached hydrogens (tertiary/aromatic N) is 2. The third-order valence-electron chi connectivity index (χ3n) is 2.98. The van der Waals surface area contributed by atoms with Crippen LogP contribution in [0.4, 0.5) is 5.69 Å². The number of carbonyl (C=O) groups excluding carboxylic acids is 1. The largest absolute Gasteiger partial charge is 0.384 e. The Morgan fingerprint density at radius 2 is 2.29 bits per heavy atom. The first kappa shape index (κ1) is 11.9. The van der Waals surface area contributed by atoms with E-state index in [0.717, 1.165) is 31.5 Å². The van der Waals surface area contributed by atoms with Crippen LogP contribution >= 0.6 is 0 Å². The van der Waals surface area contributed by atoms with Crippen molar-refractivity contribution in [2.24, 2.45) is 0 Å². The lowest BCUT2D eigenvalue weighted by atomic mass is 10.3. The van der Waals surface area contributed by atoms with Gasteiger partial charge >= 0.3 is 0 Å². The fourth-order valence-corrected chi connectivity index (χ4v) is 1.70. The molecule has 4 heteroatoms. The normalized spacial score (nSPS) is 14.5. The molecule has 1 aliphatic rings. The number of nitrogens with one attached hydrogen (secondary N) is 1. The monoisotopic (exact) mass is 233 g/mol. The molecule has 0 saturated heterocycles. The Balaban J connectivity index is 1.98. The first-order valence-electron chi connectivity index (χ1n) is 6.19. The average molecular weight is 233 g/mol. The van der Waals surface area contributed by atoms with E-state index < -0.39 is 0 Å². The van der Waals surface area contributed by atoms with Crippen LogP contribution in [0.25, 0.3) is 0 Å². The Morgan fingerprint density at radius 3 is 2.82 bits per heavy atom. The van der Waals surface area contributed by atoms with Gasteiger partial charge in [-0.25, -0.2) is 4.98 Å². The molecule has 0 atom stereocenters. The van der Waals surface area contributed by atoms with Crippen LogP contribution in [-0.4, -0.2) is 35.4 Å². The second-order valence-corrected chi connectivity index (χ2v) is 4.51. The topological polar surface area (TPSA) is 45.2 Å². The summed E-state index contributed by atoms with van der Waals surface area (Å²) in [6.07, 6.45) is 5.05. The van der Waals surface area contributed by atoms with Gasteiger partial charge in [0.15, 0.2) is 0 Å². The Morgan fingerprint density at radius 1 is 1.53 bits per heavy atom. The summed E-state index contributed by atoms with van der Waals surface area (Å²) in [6.45, 7) is 3.04. The van der Waals surface area contributed by atoms with Crippen LogP contribution in [0.1, 0.15) is 36.7 Å². The number of anilines is 1. The SMILES string of the molecule is CCCNc1ccc(C(=O)N(C)C2CC2)nc1. The second-order valence-electron chi connectivity index (χ2n) is 4.51. The molecule has 0 aromatic carbocycles. The van der Waals surface area contributed by atoms with Gasteiger partial charge in [-0.3, -0.25) is 4.79 Å². The molecule has 1 aliphatic carbocycles. The van der Waals surface area contributed by atoms with Crippen LogP contribution < -0.4 is 5.32 Å². The smallest absolute Gasteiger partial charge is 0.272 e. The zero-order chi connectivity index (χ0) is 12.3. The molecule has 2 rings (SSSR count). The maximum atomic E-state index is 12.0. The average Bonchev–Trinajstić information content (AvgIpc) is 3.19. The quantitative estimate of drug-likeness (QED) is 0.847. The predicted octanol–water partition coefficient (Wildman–Crippen LogP) is 2.14. The maximum absolute atomic E-state index is 12.0. The lowest BCUT2D eigenvalue weighted by Gasteiger charge is -2.15. The van der Waals surface area contributed by atoms with E-state index in [1.807, 2.05) is 13.1 Å². The fraction of sp³-hybridized carbons (Fsp3) is 0.538. The highest BCUT2D eigenvalue weighted by Crippen LogP contribution is 2.26. The van der Waals surface area contributed by atoms with Crippen LogP contribution in [-0.2, 0) is 0 Å². The van der Waals surface area contributed by atoms with E-state index in [4.69, 9.17) is 0 Å². The predicted molar refractivity (Wildman–Crippen MR) is 68.1 cm³/mol. The van der Waals surface area contributed by atoms with Crippen LogP contribution in [0.2, 0.25) is 0 Å². The minimum atomic E-state index is 0.0227. The van der Waals surface area contributed by atoms with Crippen molar-refractivity contribution in [2.75, 3.05) is 18.9 Å². The standard InChI is InChI=1S/C13H19N3O/c1-3-8-14-10-4-7-12(15-9-10)13(17)16(2)11-5-6-11/h4,7,9,11,14H,3,5-6,8H2,1-2H3. The van der Waals surface area contributed by atoms with E-state index in [9.17, 15) is 4.79 Å². The number of pyridine rings is 1. The van der Waals surface area contributed by atoms with Crippen LogP contribution in [0.3, 0.4) is 0 Å². The minimum absolute atomic E-state index is 0.0227. The molecule has 0 radical (unpaired) electrons. The van der Waals surface area contributed by atoms with E-state index in [0.29, 0.717) is 11.7 Å². The molecule has 0 aliphatic heterocycles. The van der Waals surface area contributed by atoms with Crippen molar-refractivity contribution >= 4 is 11.6 Å². The number of aromatic nitrogens is 1. The van der Waals surface area contributed by atoms with Crippen molar-refractivity contribution in [3.63, 3.8) is 0 Å². The molecule has 0 unspecified atom stereocenters. The molecule has 1 saturated carbocycles. The van der Waals surface area contributed by atoms with Gasteiger partial charge in [-0.1, -0.05) is 6.92 Å². The summed E-state index contributed by atoms with van der Waals surface area (Å²) in [5, 5.41) is 3.24. The highest BCUT2D eigenvalue weighted by molar-refractivity contribution is 5.92. The molecule has 1 aromatic heterocycles. The molecule has 0 spiro atoms. The molecule has 1 fully saturated rings. The summed E-state index contributed by atoms with van der Waals surface area (Å²) in [4.78, 5) is 18.0. The zero-order valence-corrected chi connectivity index (χ0v) is 10.4. The van der Waals surface area contributed by atoms with Gasteiger partial charge < -0.3 is 10.2 Å². The molecular weight excluding hydrogens is 214 g/mol. The summed E-state index contributed by atoms with van der Waals surface area (Å²) in [5.74, 6) is 0.0227. The molecule has 1 heterocycles. The Hall–Kier alpha value is -1.58. The Kier molecular flexibility index (Phi) is 3.61. The van der Waals surface area contributed by atoms with Crippen molar-refractivity contribution in [3.8, 4) is 0 Å². The number of carbonyl (C=O) groups is 1. The van der Waals surface area contributed by atoms with Crippen molar-refractivity contribution < 1.29 is 4.79 Å². The van der Waals surface area contributed by atoms with Gasteiger partial charge in [0.2, 0.25) is 0 Å². The molecular formula is C13H19N3O. The summed E-state index contributed by atoms with van der Waals surface area (Å²) in [7, 11) is 1.85. The van der Waals surface area contributed by atoms with Crippen LogP contribution in [0.5, 0.6) is 0 Å². The highest BCUT2D eigenvalue weighted by atomic mass is 16.2. The first-order chi connectivity index (χ1) is 8.22. The second kappa shape index (κ2) is 5.17. The number of hydrogen-bond donors (Lipinski definition) is 1. The molecule has 0 bridgehead atoms. The molecule has 1 N–H and O–H groups in total. The van der Waals surface area contributed by atoms with Gasteiger partial charge in [-0.05, 0) is 31.4 Å². The molecule has 17 heavy (non-hydrogen) atoms. The minimum Gasteiger partial charge on any atom is -0.384 e. The highest BCUT2D eigenvalue weighted by Gasteiger charge is 2.30. The van der Waals surface area contributed by atoms with Crippen LogP contribution in [0.15, 0.2) is 18.3 Å². The zero-order valence-electron chi connectivity index (χ0n) is 10.4. The molecule has 92 valence electrons. The van der Waals surface area contributed by atoms with Crippen molar-refractivity contribution in [3.05, 3.63) is 24.0 Å². The molecule has 1 aromatic rings. The molecule has 1 amide bonds. The van der Waals surface area contributed by atoms with Gasteiger partial charge in [0.25, 0.3) is 5.91 Å². The van der Waals surface area contributed by atoms with E-state index in [1.54, 1.807) is 17.2 Å². The summed E-state index contributed by atoms with van der Waals surface area (Å²) in [5.41, 5.74) is 1.50. The summed E-state index contributed by atoms with van der Waals surface area (Å²) < 4.78 is 0. The Bertz CT molecular complexity index is 384. The first-order valence-corrected chi connectivity index (χ1v) is 6.19. The van der Waals surface area contributed by atoms with E-state index >= 15 is 0 Å². The Labute approximate surface area is 102 Å². The number of rotatable bonds is 5. The van der Waals surface area contributed by atoms with Crippen molar-refractivity contribution in [1.29, 1.82) is 0 Å². The van der Waals surface area contributed by atoms with E-state index in [-0.39, 0.29) is 5.91 Å². The van der Waals surface area contributed by atoms with E-state index in [2.05, 4.69) is 17.2 Å². The third-order valence-corrected chi connectivity index (χ3v) is 2.98. The van der Waals surface area contributed by atoms with Crippen molar-refractivity contribution in [2.45, 2.75) is 32.2 Å². The fourth-order valence-electron chi connectivity index (χ4n) is 1.70. The van der Waals surface area contributed by atoms with Crippen molar-refractivity contribution in [1.82, 2.24) is 9.88 Å². The van der Waals surface area contributed by atoms with Gasteiger partial charge in [0.05, 0.1) is 11.9 Å². The number of amides is 1. The third kappa shape index (κ3) is 2.96. The lowest BCUT2D eigenvalue weighted by Crippen LogP contribution is -2.29. The van der Waals surface area contributed by atoms with Gasteiger partial charge in [0, 0.05) is 19.6 Å². The summed E-state index contributed by atoms with van der Waals surface area (Å²) in [6, 6.07) is 4.14.